The van der Waals surface area contributed by atoms with E-state index in [1.165, 1.54) is 12.0 Å². The summed E-state index contributed by atoms with van der Waals surface area (Å²) in [5.41, 5.74) is 2.15. The second-order valence-corrected chi connectivity index (χ2v) is 5.55. The van der Waals surface area contributed by atoms with Crippen molar-refractivity contribution in [1.82, 2.24) is 20.7 Å². The van der Waals surface area contributed by atoms with E-state index in [4.69, 9.17) is 4.52 Å². The molecule has 0 saturated carbocycles. The minimum atomic E-state index is 0.453. The van der Waals surface area contributed by atoms with Gasteiger partial charge in [0.2, 0.25) is 0 Å². The highest BCUT2D eigenvalue weighted by Crippen LogP contribution is 2.18. The van der Waals surface area contributed by atoms with Crippen molar-refractivity contribution in [2.45, 2.75) is 39.3 Å². The highest BCUT2D eigenvalue weighted by molar-refractivity contribution is 5.37. The summed E-state index contributed by atoms with van der Waals surface area (Å²) in [6, 6.07) is 4.40. The molecule has 6 heteroatoms. The Bertz CT molecular complexity index is 564. The number of aryl methyl sites for hydroxylation is 2. The van der Waals surface area contributed by atoms with E-state index in [2.05, 4.69) is 25.6 Å². The Morgan fingerprint density at radius 2 is 2.33 bits per heavy atom. The lowest BCUT2D eigenvalue weighted by atomic mass is 10.0. The fourth-order valence-electron chi connectivity index (χ4n) is 2.81. The molecular formula is C15H21N5O. The van der Waals surface area contributed by atoms with E-state index in [9.17, 15) is 0 Å². The third-order valence-corrected chi connectivity index (χ3v) is 4.05. The van der Waals surface area contributed by atoms with Crippen LogP contribution in [0.1, 0.15) is 29.9 Å². The molecule has 0 aliphatic carbocycles. The number of aromatic nitrogens is 3. The monoisotopic (exact) mass is 287 g/mol. The van der Waals surface area contributed by atoms with Gasteiger partial charge in [-0.25, -0.2) is 0 Å². The van der Waals surface area contributed by atoms with Gasteiger partial charge in [0, 0.05) is 37.4 Å². The molecule has 0 spiro atoms. The summed E-state index contributed by atoms with van der Waals surface area (Å²) >= 11 is 0. The maximum Gasteiger partial charge on any atom is 0.151 e. The van der Waals surface area contributed by atoms with Crippen molar-refractivity contribution in [2.24, 2.45) is 0 Å². The summed E-state index contributed by atoms with van der Waals surface area (Å²) in [4.78, 5) is 2.29. The lowest BCUT2D eigenvalue weighted by Gasteiger charge is -2.33. The molecule has 2 aromatic heterocycles. The number of anilines is 1. The van der Waals surface area contributed by atoms with Crippen LogP contribution in [0, 0.1) is 13.8 Å². The number of piperidine rings is 1. The molecule has 0 aromatic carbocycles. The van der Waals surface area contributed by atoms with E-state index < -0.39 is 0 Å². The second-order valence-electron chi connectivity index (χ2n) is 5.55. The average molecular weight is 287 g/mol. The van der Waals surface area contributed by atoms with E-state index in [0.29, 0.717) is 6.04 Å². The first-order valence-electron chi connectivity index (χ1n) is 7.42. The molecule has 1 saturated heterocycles. The zero-order valence-electron chi connectivity index (χ0n) is 12.5. The molecule has 1 atom stereocenters. The molecule has 21 heavy (non-hydrogen) atoms. The molecule has 112 valence electrons. The molecule has 2 aromatic rings. The molecule has 0 radical (unpaired) electrons. The fourth-order valence-corrected chi connectivity index (χ4v) is 2.81. The van der Waals surface area contributed by atoms with Crippen LogP contribution < -0.4 is 10.2 Å². The lowest BCUT2D eigenvalue weighted by molar-refractivity contribution is 0.389. The Hall–Kier alpha value is -1.95. The summed E-state index contributed by atoms with van der Waals surface area (Å²) in [5, 5.41) is 15.8. The largest absolute Gasteiger partial charge is 0.361 e. The quantitative estimate of drug-likeness (QED) is 0.925. The van der Waals surface area contributed by atoms with E-state index in [1.54, 1.807) is 6.20 Å². The Labute approximate surface area is 124 Å². The molecule has 0 bridgehead atoms. The highest BCUT2D eigenvalue weighted by Gasteiger charge is 2.21. The van der Waals surface area contributed by atoms with Gasteiger partial charge in [0.15, 0.2) is 5.82 Å². The summed E-state index contributed by atoms with van der Waals surface area (Å²) in [6.45, 7) is 6.76. The first-order chi connectivity index (χ1) is 10.2. The smallest absolute Gasteiger partial charge is 0.151 e. The molecule has 0 unspecified atom stereocenters. The minimum absolute atomic E-state index is 0.453. The minimum Gasteiger partial charge on any atom is -0.361 e. The first-order valence-corrected chi connectivity index (χ1v) is 7.42. The van der Waals surface area contributed by atoms with Crippen molar-refractivity contribution in [2.75, 3.05) is 18.0 Å². The van der Waals surface area contributed by atoms with Crippen LogP contribution in [0.3, 0.4) is 0 Å². The van der Waals surface area contributed by atoms with Crippen LogP contribution >= 0.6 is 0 Å². The van der Waals surface area contributed by atoms with Crippen molar-refractivity contribution >= 4 is 5.82 Å². The van der Waals surface area contributed by atoms with Crippen molar-refractivity contribution in [3.8, 4) is 0 Å². The van der Waals surface area contributed by atoms with Gasteiger partial charge in [0.05, 0.1) is 5.69 Å². The summed E-state index contributed by atoms with van der Waals surface area (Å²) in [5.74, 6) is 1.86. The number of nitrogens with zero attached hydrogens (tertiary/aromatic N) is 4. The van der Waals surface area contributed by atoms with Gasteiger partial charge in [-0.2, -0.15) is 5.10 Å². The Balaban J connectivity index is 1.59. The Kier molecular flexibility index (Phi) is 4.15. The normalized spacial score (nSPS) is 19.0. The van der Waals surface area contributed by atoms with Gasteiger partial charge in [0.1, 0.15) is 5.76 Å². The van der Waals surface area contributed by atoms with Gasteiger partial charge in [-0.15, -0.1) is 5.10 Å². The van der Waals surface area contributed by atoms with Crippen LogP contribution in [0.15, 0.2) is 22.9 Å². The maximum absolute atomic E-state index is 5.21. The van der Waals surface area contributed by atoms with Gasteiger partial charge in [-0.1, -0.05) is 5.16 Å². The molecule has 1 aliphatic rings. The molecule has 6 nitrogen and oxygen atoms in total. The third-order valence-electron chi connectivity index (χ3n) is 4.05. The van der Waals surface area contributed by atoms with Gasteiger partial charge in [-0.3, -0.25) is 0 Å². The first kappa shape index (κ1) is 14.0. The van der Waals surface area contributed by atoms with Gasteiger partial charge in [-0.05, 0) is 38.8 Å². The van der Waals surface area contributed by atoms with Crippen LogP contribution in [0.2, 0.25) is 0 Å². The van der Waals surface area contributed by atoms with E-state index in [1.807, 2.05) is 26.0 Å². The standard InChI is InChI=1S/C15H21N5O/c1-11-14(12(2)21-19-11)9-16-13-5-4-8-20(10-13)15-6-3-7-17-18-15/h3,6-7,13,16H,4-5,8-10H2,1-2H3/t13-/m0/s1. The van der Waals surface area contributed by atoms with Crippen LogP contribution in [0.25, 0.3) is 0 Å². The highest BCUT2D eigenvalue weighted by atomic mass is 16.5. The molecule has 1 N–H and O–H groups in total. The van der Waals surface area contributed by atoms with Crippen molar-refractivity contribution in [3.63, 3.8) is 0 Å². The van der Waals surface area contributed by atoms with Crippen LogP contribution in [-0.4, -0.2) is 34.5 Å². The second kappa shape index (κ2) is 6.22. The van der Waals surface area contributed by atoms with E-state index in [-0.39, 0.29) is 0 Å². The Morgan fingerprint density at radius 3 is 3.05 bits per heavy atom. The molecule has 3 rings (SSSR count). The van der Waals surface area contributed by atoms with Crippen molar-refractivity contribution in [3.05, 3.63) is 35.3 Å². The maximum atomic E-state index is 5.21. The van der Waals surface area contributed by atoms with Crippen molar-refractivity contribution < 1.29 is 4.52 Å². The Morgan fingerprint density at radius 1 is 1.43 bits per heavy atom. The number of nitrogens with one attached hydrogen (secondary N) is 1. The van der Waals surface area contributed by atoms with Gasteiger partial charge in [0.25, 0.3) is 0 Å². The molecule has 1 fully saturated rings. The van der Waals surface area contributed by atoms with Crippen LogP contribution in [-0.2, 0) is 6.54 Å². The summed E-state index contributed by atoms with van der Waals surface area (Å²) in [6.07, 6.45) is 4.05. The molecule has 3 heterocycles. The lowest BCUT2D eigenvalue weighted by Crippen LogP contribution is -2.45. The number of hydrogen-bond donors (Lipinski definition) is 1. The van der Waals surface area contributed by atoms with Gasteiger partial charge < -0.3 is 14.7 Å². The number of hydrogen-bond acceptors (Lipinski definition) is 6. The van der Waals surface area contributed by atoms with Gasteiger partial charge >= 0.3 is 0 Å². The average Bonchev–Trinajstić information content (AvgIpc) is 2.85. The third kappa shape index (κ3) is 3.21. The number of rotatable bonds is 4. The molecular weight excluding hydrogens is 266 g/mol. The fraction of sp³-hybridized carbons (Fsp3) is 0.533. The molecule has 0 amide bonds. The zero-order valence-corrected chi connectivity index (χ0v) is 12.5. The molecule has 1 aliphatic heterocycles. The van der Waals surface area contributed by atoms with Crippen LogP contribution in [0.5, 0.6) is 0 Å². The summed E-state index contributed by atoms with van der Waals surface area (Å²) < 4.78 is 5.21. The van der Waals surface area contributed by atoms with Crippen LogP contribution in [0.4, 0.5) is 5.82 Å². The topological polar surface area (TPSA) is 67.1 Å². The van der Waals surface area contributed by atoms with Crippen molar-refractivity contribution in [1.29, 1.82) is 0 Å². The van der Waals surface area contributed by atoms with E-state index >= 15 is 0 Å². The SMILES string of the molecule is Cc1noc(C)c1CN[C@H]1CCCN(c2cccnn2)C1. The predicted molar refractivity (Wildman–Crippen MR) is 80.1 cm³/mol. The summed E-state index contributed by atoms with van der Waals surface area (Å²) in [7, 11) is 0. The van der Waals surface area contributed by atoms with E-state index in [0.717, 1.165) is 43.3 Å². The zero-order chi connectivity index (χ0) is 14.7. The predicted octanol–water partition coefficient (Wildman–Crippen LogP) is 1.84.